The molecule has 0 aliphatic rings. The summed E-state index contributed by atoms with van der Waals surface area (Å²) >= 11 is 5.86. The molecule has 1 unspecified atom stereocenters. The number of halogens is 1. The third-order valence-electron chi connectivity index (χ3n) is 4.13. The van der Waals surface area contributed by atoms with E-state index in [4.69, 9.17) is 16.3 Å². The quantitative estimate of drug-likeness (QED) is 0.584. The van der Waals surface area contributed by atoms with Crippen molar-refractivity contribution in [2.75, 3.05) is 0 Å². The molecule has 0 saturated heterocycles. The molecular formula is C21H22ClN5O2. The molecule has 8 heteroatoms. The predicted molar refractivity (Wildman–Crippen MR) is 111 cm³/mol. The van der Waals surface area contributed by atoms with Gasteiger partial charge in [0.05, 0.1) is 35.9 Å². The Morgan fingerprint density at radius 3 is 2.55 bits per heavy atom. The van der Waals surface area contributed by atoms with E-state index in [9.17, 15) is 4.79 Å². The number of carbonyl (C=O) groups excluding carboxylic acids is 1. The Morgan fingerprint density at radius 2 is 1.90 bits per heavy atom. The first-order valence-corrected chi connectivity index (χ1v) is 9.72. The van der Waals surface area contributed by atoms with E-state index in [1.807, 2.05) is 32.9 Å². The molecule has 1 N–H and O–H groups in total. The monoisotopic (exact) mass is 411 g/mol. The van der Waals surface area contributed by atoms with Gasteiger partial charge >= 0.3 is 0 Å². The molecule has 0 spiro atoms. The SMILES string of the molecule is CCC(NC(=O)c1ccc(-c2cncc(OC(C)C)n2)cc1)c1ccnc(Cl)n1. The highest BCUT2D eigenvalue weighted by Gasteiger charge is 2.16. The van der Waals surface area contributed by atoms with Crippen molar-refractivity contribution >= 4 is 17.5 Å². The zero-order valence-electron chi connectivity index (χ0n) is 16.5. The molecule has 1 aromatic carbocycles. The second kappa shape index (κ2) is 9.43. The van der Waals surface area contributed by atoms with Crippen molar-refractivity contribution in [1.29, 1.82) is 0 Å². The second-order valence-electron chi connectivity index (χ2n) is 6.67. The summed E-state index contributed by atoms with van der Waals surface area (Å²) in [6.07, 6.45) is 5.51. The summed E-state index contributed by atoms with van der Waals surface area (Å²) in [6.45, 7) is 5.83. The summed E-state index contributed by atoms with van der Waals surface area (Å²) in [5.41, 5.74) is 2.74. The lowest BCUT2D eigenvalue weighted by Crippen LogP contribution is -2.28. The van der Waals surface area contributed by atoms with E-state index in [1.165, 1.54) is 0 Å². The smallest absolute Gasteiger partial charge is 0.251 e. The number of nitrogens with zero attached hydrogens (tertiary/aromatic N) is 4. The minimum absolute atomic E-state index is 0.0156. The number of hydrogen-bond donors (Lipinski definition) is 1. The van der Waals surface area contributed by atoms with Crippen LogP contribution in [-0.2, 0) is 0 Å². The van der Waals surface area contributed by atoms with Crippen molar-refractivity contribution in [2.45, 2.75) is 39.3 Å². The van der Waals surface area contributed by atoms with Gasteiger partial charge in [-0.3, -0.25) is 9.78 Å². The first-order valence-electron chi connectivity index (χ1n) is 9.34. The van der Waals surface area contributed by atoms with Crippen molar-refractivity contribution in [3.63, 3.8) is 0 Å². The molecule has 29 heavy (non-hydrogen) atoms. The van der Waals surface area contributed by atoms with Gasteiger partial charge in [0.1, 0.15) is 0 Å². The van der Waals surface area contributed by atoms with Crippen LogP contribution in [0.4, 0.5) is 0 Å². The van der Waals surface area contributed by atoms with Gasteiger partial charge in [0.25, 0.3) is 5.91 Å². The van der Waals surface area contributed by atoms with Crippen LogP contribution < -0.4 is 10.1 Å². The van der Waals surface area contributed by atoms with Gasteiger partial charge < -0.3 is 10.1 Å². The number of aromatic nitrogens is 4. The van der Waals surface area contributed by atoms with Gasteiger partial charge in [0.2, 0.25) is 11.2 Å². The Bertz CT molecular complexity index is 979. The lowest BCUT2D eigenvalue weighted by Gasteiger charge is -2.16. The van der Waals surface area contributed by atoms with Crippen LogP contribution in [0.15, 0.2) is 48.9 Å². The highest BCUT2D eigenvalue weighted by atomic mass is 35.5. The Hall–Kier alpha value is -3.06. The molecule has 3 aromatic rings. The normalized spacial score (nSPS) is 11.9. The fourth-order valence-corrected chi connectivity index (χ4v) is 2.90. The third-order valence-corrected chi connectivity index (χ3v) is 4.31. The van der Waals surface area contributed by atoms with E-state index in [0.717, 1.165) is 5.56 Å². The standard InChI is InChI=1S/C21H22ClN5O2/c1-4-16(17-9-10-24-21(22)27-17)26-20(28)15-7-5-14(6-8-15)18-11-23-12-19(25-18)29-13(2)3/h5-13,16H,4H2,1-3H3,(H,26,28). The molecule has 0 bridgehead atoms. The molecule has 2 aromatic heterocycles. The van der Waals surface area contributed by atoms with E-state index in [0.29, 0.717) is 29.3 Å². The third kappa shape index (κ3) is 5.48. The van der Waals surface area contributed by atoms with Gasteiger partial charge in [-0.15, -0.1) is 0 Å². The van der Waals surface area contributed by atoms with Crippen LogP contribution in [0.2, 0.25) is 5.28 Å². The number of hydrogen-bond acceptors (Lipinski definition) is 6. The lowest BCUT2D eigenvalue weighted by atomic mass is 10.1. The van der Waals surface area contributed by atoms with Crippen LogP contribution in [-0.4, -0.2) is 31.9 Å². The average Bonchev–Trinajstić information content (AvgIpc) is 2.71. The van der Waals surface area contributed by atoms with Gasteiger partial charge in [-0.1, -0.05) is 19.1 Å². The van der Waals surface area contributed by atoms with Crippen LogP contribution in [0.25, 0.3) is 11.3 Å². The number of rotatable bonds is 7. The molecule has 0 fully saturated rings. The lowest BCUT2D eigenvalue weighted by molar-refractivity contribution is 0.0934. The summed E-state index contributed by atoms with van der Waals surface area (Å²) < 4.78 is 5.59. The number of ether oxygens (including phenoxy) is 1. The summed E-state index contributed by atoms with van der Waals surface area (Å²) in [7, 11) is 0. The van der Waals surface area contributed by atoms with E-state index in [-0.39, 0.29) is 23.3 Å². The summed E-state index contributed by atoms with van der Waals surface area (Å²) in [5.74, 6) is 0.273. The van der Waals surface area contributed by atoms with Crippen molar-refractivity contribution in [3.05, 3.63) is 65.5 Å². The predicted octanol–water partition coefficient (Wildman–Crippen LogP) is 4.26. The second-order valence-corrected chi connectivity index (χ2v) is 7.01. The minimum Gasteiger partial charge on any atom is -0.474 e. The Labute approximate surface area is 174 Å². The van der Waals surface area contributed by atoms with E-state index >= 15 is 0 Å². The molecule has 0 aliphatic heterocycles. The van der Waals surface area contributed by atoms with Crippen molar-refractivity contribution in [2.24, 2.45) is 0 Å². The van der Waals surface area contributed by atoms with Crippen LogP contribution in [0.5, 0.6) is 5.88 Å². The van der Waals surface area contributed by atoms with E-state index in [2.05, 4.69) is 25.3 Å². The molecule has 1 atom stereocenters. The van der Waals surface area contributed by atoms with Gasteiger partial charge in [0, 0.05) is 17.3 Å². The first kappa shape index (κ1) is 20.7. The number of benzene rings is 1. The molecule has 2 heterocycles. The van der Waals surface area contributed by atoms with Crippen LogP contribution in [0, 0.1) is 0 Å². The van der Waals surface area contributed by atoms with Gasteiger partial charge in [-0.25, -0.2) is 15.0 Å². The highest BCUT2D eigenvalue weighted by Crippen LogP contribution is 2.21. The Morgan fingerprint density at radius 1 is 1.14 bits per heavy atom. The molecule has 7 nitrogen and oxygen atoms in total. The fourth-order valence-electron chi connectivity index (χ4n) is 2.75. The molecule has 3 rings (SSSR count). The average molecular weight is 412 g/mol. The molecule has 150 valence electrons. The topological polar surface area (TPSA) is 89.9 Å². The number of carbonyl (C=O) groups is 1. The highest BCUT2D eigenvalue weighted by molar-refractivity contribution is 6.28. The van der Waals surface area contributed by atoms with Crippen molar-refractivity contribution < 1.29 is 9.53 Å². The van der Waals surface area contributed by atoms with Crippen LogP contribution >= 0.6 is 11.6 Å². The largest absolute Gasteiger partial charge is 0.474 e. The van der Waals surface area contributed by atoms with Crippen molar-refractivity contribution in [1.82, 2.24) is 25.3 Å². The zero-order chi connectivity index (χ0) is 20.8. The van der Waals surface area contributed by atoms with Gasteiger partial charge in [-0.05, 0) is 50.1 Å². The van der Waals surface area contributed by atoms with Gasteiger partial charge in [-0.2, -0.15) is 0 Å². The van der Waals surface area contributed by atoms with E-state index < -0.39 is 0 Å². The summed E-state index contributed by atoms with van der Waals surface area (Å²) in [4.78, 5) is 29.4. The Balaban J connectivity index is 1.73. The molecular weight excluding hydrogens is 390 g/mol. The Kier molecular flexibility index (Phi) is 6.72. The zero-order valence-corrected chi connectivity index (χ0v) is 17.2. The number of amides is 1. The fraction of sp³-hybridized carbons (Fsp3) is 0.286. The van der Waals surface area contributed by atoms with Crippen molar-refractivity contribution in [3.8, 4) is 17.1 Å². The van der Waals surface area contributed by atoms with Crippen LogP contribution in [0.3, 0.4) is 0 Å². The minimum atomic E-state index is -0.251. The summed E-state index contributed by atoms with van der Waals surface area (Å²) in [5, 5.41) is 3.14. The molecule has 0 radical (unpaired) electrons. The first-order chi connectivity index (χ1) is 14.0. The molecule has 0 aliphatic carbocycles. The molecule has 1 amide bonds. The molecule has 0 saturated carbocycles. The number of nitrogens with one attached hydrogen (secondary N) is 1. The van der Waals surface area contributed by atoms with Gasteiger partial charge in [0.15, 0.2) is 0 Å². The van der Waals surface area contributed by atoms with E-state index in [1.54, 1.807) is 36.8 Å². The van der Waals surface area contributed by atoms with Crippen LogP contribution in [0.1, 0.15) is 49.3 Å². The maximum atomic E-state index is 12.7. The summed E-state index contributed by atoms with van der Waals surface area (Å²) in [6, 6.07) is 8.66. The maximum Gasteiger partial charge on any atom is 0.251 e. The maximum absolute atomic E-state index is 12.7.